The minimum absolute atomic E-state index is 0.480. The molecular formula is C11H16N2O2. The van der Waals surface area contributed by atoms with E-state index in [1.165, 1.54) is 10.5 Å². The predicted molar refractivity (Wildman–Crippen MR) is 58.0 cm³/mol. The highest BCUT2D eigenvalue weighted by Gasteiger charge is 2.05. The molecule has 0 aliphatic heterocycles. The Bertz CT molecular complexity index is 322. The van der Waals surface area contributed by atoms with Crippen LogP contribution in [-0.4, -0.2) is 34.7 Å². The first-order chi connectivity index (χ1) is 7.13. The molecule has 0 bridgehead atoms. The standard InChI is InChI=1S/C11H16N2O2/c1-3-9-4-5-10(12-8-9)6-7-13(2)11(14)15/h4-5,8H,3,6-7H2,1-2H3,(H,14,15). The second-order valence-corrected chi connectivity index (χ2v) is 3.47. The van der Waals surface area contributed by atoms with Crippen LogP contribution in [-0.2, 0) is 12.8 Å². The van der Waals surface area contributed by atoms with Gasteiger partial charge in [-0.2, -0.15) is 0 Å². The quantitative estimate of drug-likeness (QED) is 0.820. The van der Waals surface area contributed by atoms with E-state index in [1.807, 2.05) is 18.3 Å². The van der Waals surface area contributed by atoms with E-state index in [0.29, 0.717) is 13.0 Å². The first-order valence-electron chi connectivity index (χ1n) is 5.01. The van der Waals surface area contributed by atoms with Crippen molar-refractivity contribution < 1.29 is 9.90 Å². The molecule has 0 aromatic carbocycles. The Morgan fingerprint density at radius 2 is 2.27 bits per heavy atom. The molecule has 0 saturated carbocycles. The number of likely N-dealkylation sites (N-methyl/N-ethyl adjacent to an activating group) is 1. The van der Waals surface area contributed by atoms with Crippen LogP contribution in [0, 0.1) is 0 Å². The van der Waals surface area contributed by atoms with E-state index in [0.717, 1.165) is 12.1 Å². The van der Waals surface area contributed by atoms with Crippen molar-refractivity contribution in [3.63, 3.8) is 0 Å². The van der Waals surface area contributed by atoms with E-state index in [2.05, 4.69) is 11.9 Å². The van der Waals surface area contributed by atoms with Crippen LogP contribution in [0.25, 0.3) is 0 Å². The Hall–Kier alpha value is -1.58. The van der Waals surface area contributed by atoms with Crippen molar-refractivity contribution in [2.24, 2.45) is 0 Å². The number of carboxylic acid groups (broad SMARTS) is 1. The number of nitrogens with zero attached hydrogens (tertiary/aromatic N) is 2. The van der Waals surface area contributed by atoms with Crippen LogP contribution in [0.15, 0.2) is 18.3 Å². The van der Waals surface area contributed by atoms with E-state index in [-0.39, 0.29) is 0 Å². The van der Waals surface area contributed by atoms with Crippen LogP contribution >= 0.6 is 0 Å². The van der Waals surface area contributed by atoms with Crippen LogP contribution in [0.4, 0.5) is 4.79 Å². The van der Waals surface area contributed by atoms with Gasteiger partial charge in [0.1, 0.15) is 0 Å². The fraction of sp³-hybridized carbons (Fsp3) is 0.455. The van der Waals surface area contributed by atoms with E-state index < -0.39 is 6.09 Å². The summed E-state index contributed by atoms with van der Waals surface area (Å²) in [4.78, 5) is 16.0. The van der Waals surface area contributed by atoms with Gasteiger partial charge in [0.2, 0.25) is 0 Å². The lowest BCUT2D eigenvalue weighted by molar-refractivity contribution is 0.156. The fourth-order valence-corrected chi connectivity index (χ4v) is 1.19. The lowest BCUT2D eigenvalue weighted by Crippen LogP contribution is -2.27. The molecule has 0 fully saturated rings. The smallest absolute Gasteiger partial charge is 0.407 e. The number of aryl methyl sites for hydroxylation is 1. The van der Waals surface area contributed by atoms with Gasteiger partial charge in [-0.1, -0.05) is 13.0 Å². The second-order valence-electron chi connectivity index (χ2n) is 3.47. The highest BCUT2D eigenvalue weighted by molar-refractivity contribution is 5.64. The van der Waals surface area contributed by atoms with Crippen LogP contribution in [0.1, 0.15) is 18.2 Å². The maximum absolute atomic E-state index is 10.5. The third-order valence-electron chi connectivity index (χ3n) is 2.32. The summed E-state index contributed by atoms with van der Waals surface area (Å²) >= 11 is 0. The zero-order chi connectivity index (χ0) is 11.3. The SMILES string of the molecule is CCc1ccc(CCN(C)C(=O)O)nc1. The van der Waals surface area contributed by atoms with Crippen molar-refractivity contribution in [1.29, 1.82) is 0 Å². The molecule has 4 nitrogen and oxygen atoms in total. The molecule has 4 heteroatoms. The molecule has 1 aromatic rings. The van der Waals surface area contributed by atoms with Gasteiger partial charge in [0.25, 0.3) is 0 Å². The van der Waals surface area contributed by atoms with Gasteiger partial charge in [-0.05, 0) is 18.1 Å². The van der Waals surface area contributed by atoms with Crippen LogP contribution in [0.5, 0.6) is 0 Å². The largest absolute Gasteiger partial charge is 0.465 e. The van der Waals surface area contributed by atoms with Gasteiger partial charge in [0.15, 0.2) is 0 Å². The molecule has 1 N–H and O–H groups in total. The highest BCUT2D eigenvalue weighted by Crippen LogP contribution is 2.02. The Kier molecular flexibility index (Phi) is 4.09. The fourth-order valence-electron chi connectivity index (χ4n) is 1.19. The third-order valence-corrected chi connectivity index (χ3v) is 2.32. The Balaban J connectivity index is 2.47. The van der Waals surface area contributed by atoms with E-state index in [9.17, 15) is 4.79 Å². The summed E-state index contributed by atoms with van der Waals surface area (Å²) in [5.74, 6) is 0. The van der Waals surface area contributed by atoms with Gasteiger partial charge < -0.3 is 10.0 Å². The molecular weight excluding hydrogens is 192 g/mol. The third kappa shape index (κ3) is 3.58. The summed E-state index contributed by atoms with van der Waals surface area (Å²) in [6, 6.07) is 3.98. The topological polar surface area (TPSA) is 53.4 Å². The molecule has 1 heterocycles. The first kappa shape index (κ1) is 11.5. The number of hydrogen-bond donors (Lipinski definition) is 1. The van der Waals surface area contributed by atoms with Crippen LogP contribution < -0.4 is 0 Å². The van der Waals surface area contributed by atoms with Crippen molar-refractivity contribution in [3.05, 3.63) is 29.6 Å². The molecule has 1 amide bonds. The number of rotatable bonds is 4. The number of hydrogen-bond acceptors (Lipinski definition) is 2. The number of aromatic nitrogens is 1. The average Bonchev–Trinajstić information content (AvgIpc) is 2.26. The minimum atomic E-state index is -0.903. The molecule has 0 unspecified atom stereocenters. The van der Waals surface area contributed by atoms with Gasteiger partial charge >= 0.3 is 6.09 Å². The van der Waals surface area contributed by atoms with Gasteiger partial charge in [0, 0.05) is 31.9 Å². The summed E-state index contributed by atoms with van der Waals surface area (Å²) in [5.41, 5.74) is 2.13. The van der Waals surface area contributed by atoms with Crippen molar-refractivity contribution in [1.82, 2.24) is 9.88 Å². The lowest BCUT2D eigenvalue weighted by Gasteiger charge is -2.11. The van der Waals surface area contributed by atoms with Crippen LogP contribution in [0.3, 0.4) is 0 Å². The summed E-state index contributed by atoms with van der Waals surface area (Å²) in [7, 11) is 1.56. The van der Waals surface area contributed by atoms with Gasteiger partial charge in [-0.25, -0.2) is 4.79 Å². The molecule has 0 aliphatic carbocycles. The second kappa shape index (κ2) is 5.34. The average molecular weight is 208 g/mol. The van der Waals surface area contributed by atoms with Gasteiger partial charge in [-0.15, -0.1) is 0 Å². The molecule has 15 heavy (non-hydrogen) atoms. The lowest BCUT2D eigenvalue weighted by atomic mass is 10.2. The summed E-state index contributed by atoms with van der Waals surface area (Å²) in [5, 5.41) is 8.65. The zero-order valence-electron chi connectivity index (χ0n) is 9.10. The molecule has 0 spiro atoms. The van der Waals surface area contributed by atoms with E-state index >= 15 is 0 Å². The number of carbonyl (C=O) groups is 1. The predicted octanol–water partition coefficient (Wildman–Crippen LogP) is 1.80. The van der Waals surface area contributed by atoms with Crippen LogP contribution in [0.2, 0.25) is 0 Å². The van der Waals surface area contributed by atoms with Crippen molar-refractivity contribution in [3.8, 4) is 0 Å². The summed E-state index contributed by atoms with van der Waals surface area (Å²) in [6.45, 7) is 2.56. The van der Waals surface area contributed by atoms with Crippen molar-refractivity contribution in [2.75, 3.05) is 13.6 Å². The summed E-state index contributed by atoms with van der Waals surface area (Å²) < 4.78 is 0. The minimum Gasteiger partial charge on any atom is -0.465 e. The van der Waals surface area contributed by atoms with Gasteiger partial charge in [0.05, 0.1) is 0 Å². The molecule has 0 saturated heterocycles. The maximum atomic E-state index is 10.5. The first-order valence-corrected chi connectivity index (χ1v) is 5.01. The van der Waals surface area contributed by atoms with E-state index in [4.69, 9.17) is 5.11 Å². The molecule has 1 aromatic heterocycles. The maximum Gasteiger partial charge on any atom is 0.407 e. The van der Waals surface area contributed by atoms with Crippen molar-refractivity contribution in [2.45, 2.75) is 19.8 Å². The molecule has 0 aliphatic rings. The Morgan fingerprint density at radius 3 is 2.73 bits per heavy atom. The molecule has 1 rings (SSSR count). The zero-order valence-corrected chi connectivity index (χ0v) is 9.10. The molecule has 0 atom stereocenters. The number of pyridine rings is 1. The van der Waals surface area contributed by atoms with Crippen molar-refractivity contribution >= 4 is 6.09 Å². The van der Waals surface area contributed by atoms with E-state index in [1.54, 1.807) is 7.05 Å². The normalized spacial score (nSPS) is 10.0. The summed E-state index contributed by atoms with van der Waals surface area (Å²) in [6.07, 6.45) is 2.57. The Labute approximate surface area is 89.6 Å². The molecule has 0 radical (unpaired) electrons. The highest BCUT2D eigenvalue weighted by atomic mass is 16.4. The molecule has 82 valence electrons. The number of amides is 1. The van der Waals surface area contributed by atoms with Gasteiger partial charge in [-0.3, -0.25) is 4.98 Å². The Morgan fingerprint density at radius 1 is 1.53 bits per heavy atom. The monoisotopic (exact) mass is 208 g/mol.